The van der Waals surface area contributed by atoms with Gasteiger partial charge in [-0.1, -0.05) is 36.4 Å². The number of hydrogen-bond acceptors (Lipinski definition) is 2. The Hall–Kier alpha value is 0.160. The highest BCUT2D eigenvalue weighted by Crippen LogP contribution is 2.33. The van der Waals surface area contributed by atoms with Crippen LogP contribution in [0.1, 0.15) is 47.0 Å². The largest absolute Gasteiger partial charge is 0.379 e. The second-order valence-electron chi connectivity index (χ2n) is 6.49. The number of methoxy groups -OCH3 is 1. The Bertz CT molecular complexity index is 294. The number of alkyl halides is 1. The van der Waals surface area contributed by atoms with Crippen molar-refractivity contribution in [1.82, 2.24) is 4.90 Å². The summed E-state index contributed by atoms with van der Waals surface area (Å²) in [6.45, 7) is 9.96. The van der Waals surface area contributed by atoms with Crippen LogP contribution < -0.4 is 0 Å². The average Bonchev–Trinajstić information content (AvgIpc) is 2.28. The lowest BCUT2D eigenvalue weighted by atomic mass is 9.80. The molecule has 0 aliphatic carbocycles. The molecule has 0 radical (unpaired) electrons. The SMILES string of the molecule is COC(C)(C)CC(C)(C)C(=O)N1CCC(I)CC1. The summed E-state index contributed by atoms with van der Waals surface area (Å²) in [7, 11) is 1.71. The zero-order chi connectivity index (χ0) is 14.0. The fourth-order valence-electron chi connectivity index (χ4n) is 2.69. The molecule has 18 heavy (non-hydrogen) atoms. The molecule has 0 saturated carbocycles. The summed E-state index contributed by atoms with van der Waals surface area (Å²) in [6, 6.07) is 0. The van der Waals surface area contributed by atoms with E-state index in [-0.39, 0.29) is 16.9 Å². The number of carbonyl (C=O) groups is 1. The molecule has 0 aromatic heterocycles. The molecule has 1 amide bonds. The Kier molecular flexibility index (Phi) is 5.47. The fraction of sp³-hybridized carbons (Fsp3) is 0.929. The van der Waals surface area contributed by atoms with Gasteiger partial charge in [-0.3, -0.25) is 4.79 Å². The molecule has 1 heterocycles. The van der Waals surface area contributed by atoms with E-state index >= 15 is 0 Å². The molecule has 0 spiro atoms. The lowest BCUT2D eigenvalue weighted by Crippen LogP contribution is -2.47. The fourth-order valence-corrected chi connectivity index (χ4v) is 3.25. The third-order valence-electron chi connectivity index (χ3n) is 3.71. The van der Waals surface area contributed by atoms with Gasteiger partial charge in [0, 0.05) is 29.5 Å². The van der Waals surface area contributed by atoms with Gasteiger partial charge >= 0.3 is 0 Å². The predicted molar refractivity (Wildman–Crippen MR) is 83.1 cm³/mol. The smallest absolute Gasteiger partial charge is 0.228 e. The van der Waals surface area contributed by atoms with Gasteiger partial charge in [0.1, 0.15) is 0 Å². The molecule has 0 atom stereocenters. The zero-order valence-electron chi connectivity index (χ0n) is 12.3. The maximum absolute atomic E-state index is 12.6. The van der Waals surface area contributed by atoms with E-state index in [0.29, 0.717) is 0 Å². The van der Waals surface area contributed by atoms with E-state index in [0.717, 1.165) is 36.3 Å². The van der Waals surface area contributed by atoms with Gasteiger partial charge in [-0.2, -0.15) is 0 Å². The van der Waals surface area contributed by atoms with Gasteiger partial charge in [-0.05, 0) is 33.1 Å². The Balaban J connectivity index is 2.64. The van der Waals surface area contributed by atoms with Crippen LogP contribution in [0.5, 0.6) is 0 Å². The van der Waals surface area contributed by atoms with Gasteiger partial charge in [-0.15, -0.1) is 0 Å². The molecule has 1 aliphatic heterocycles. The molecular weight excluding hydrogens is 341 g/mol. The number of likely N-dealkylation sites (tertiary alicyclic amines) is 1. The standard InChI is InChI=1S/C14H26INO2/c1-13(2,10-14(3,4)18-5)12(17)16-8-6-11(15)7-9-16/h11H,6-10H2,1-5H3. The van der Waals surface area contributed by atoms with Crippen LogP contribution in [0.15, 0.2) is 0 Å². The highest BCUT2D eigenvalue weighted by Gasteiger charge is 2.38. The topological polar surface area (TPSA) is 29.5 Å². The van der Waals surface area contributed by atoms with Crippen molar-refractivity contribution in [2.24, 2.45) is 5.41 Å². The van der Waals surface area contributed by atoms with Gasteiger partial charge < -0.3 is 9.64 Å². The molecule has 0 N–H and O–H groups in total. The van der Waals surface area contributed by atoms with Crippen molar-refractivity contribution >= 4 is 28.5 Å². The predicted octanol–water partition coefficient (Wildman–Crippen LogP) is 3.25. The number of piperidine rings is 1. The Morgan fingerprint density at radius 2 is 1.78 bits per heavy atom. The number of nitrogens with zero attached hydrogens (tertiary/aromatic N) is 1. The van der Waals surface area contributed by atoms with E-state index in [9.17, 15) is 4.79 Å². The van der Waals surface area contributed by atoms with Gasteiger partial charge in [0.2, 0.25) is 5.91 Å². The summed E-state index contributed by atoms with van der Waals surface area (Å²) in [4.78, 5) is 14.6. The molecule has 1 rings (SSSR count). The average molecular weight is 367 g/mol. The lowest BCUT2D eigenvalue weighted by Gasteiger charge is -2.39. The van der Waals surface area contributed by atoms with E-state index in [1.165, 1.54) is 0 Å². The van der Waals surface area contributed by atoms with Crippen molar-refractivity contribution in [3.63, 3.8) is 0 Å². The normalized spacial score (nSPS) is 19.1. The van der Waals surface area contributed by atoms with Crippen molar-refractivity contribution in [2.75, 3.05) is 20.2 Å². The first-order valence-corrected chi connectivity index (χ1v) is 7.91. The number of halogens is 1. The van der Waals surface area contributed by atoms with Crippen molar-refractivity contribution in [1.29, 1.82) is 0 Å². The Morgan fingerprint density at radius 1 is 1.28 bits per heavy atom. The van der Waals surface area contributed by atoms with Crippen LogP contribution in [-0.4, -0.2) is 40.5 Å². The molecule has 0 aromatic rings. The zero-order valence-corrected chi connectivity index (χ0v) is 14.4. The summed E-state index contributed by atoms with van der Waals surface area (Å²) in [5.41, 5.74) is -0.599. The number of hydrogen-bond donors (Lipinski definition) is 0. The number of carbonyl (C=O) groups excluding carboxylic acids is 1. The highest BCUT2D eigenvalue weighted by atomic mass is 127. The minimum Gasteiger partial charge on any atom is -0.379 e. The van der Waals surface area contributed by atoms with Gasteiger partial charge in [0.25, 0.3) is 0 Å². The molecule has 4 heteroatoms. The van der Waals surface area contributed by atoms with Crippen molar-refractivity contribution in [3.05, 3.63) is 0 Å². The van der Waals surface area contributed by atoms with Crippen LogP contribution in [-0.2, 0) is 9.53 Å². The molecule has 1 saturated heterocycles. The van der Waals surface area contributed by atoms with Gasteiger partial charge in [-0.25, -0.2) is 0 Å². The summed E-state index contributed by atoms with van der Waals surface area (Å²) in [5.74, 6) is 0.274. The molecule has 1 fully saturated rings. The number of amides is 1. The molecular formula is C14H26INO2. The molecule has 106 valence electrons. The maximum atomic E-state index is 12.6. The summed E-state index contributed by atoms with van der Waals surface area (Å²) in [5, 5.41) is 0. The van der Waals surface area contributed by atoms with Crippen LogP contribution in [0, 0.1) is 5.41 Å². The first-order chi connectivity index (χ1) is 8.18. The molecule has 0 aromatic carbocycles. The highest BCUT2D eigenvalue weighted by molar-refractivity contribution is 14.1. The quantitative estimate of drug-likeness (QED) is 0.564. The first kappa shape index (κ1) is 16.2. The van der Waals surface area contributed by atoms with Crippen LogP contribution in [0.25, 0.3) is 0 Å². The van der Waals surface area contributed by atoms with Crippen LogP contribution in [0.2, 0.25) is 0 Å². The van der Waals surface area contributed by atoms with Crippen LogP contribution in [0.3, 0.4) is 0 Å². The third-order valence-corrected chi connectivity index (χ3v) is 4.96. The number of ether oxygens (including phenoxy) is 1. The summed E-state index contributed by atoms with van der Waals surface area (Å²) < 4.78 is 6.18. The van der Waals surface area contributed by atoms with Crippen molar-refractivity contribution in [3.8, 4) is 0 Å². The first-order valence-electron chi connectivity index (χ1n) is 6.66. The molecule has 0 unspecified atom stereocenters. The Morgan fingerprint density at radius 3 is 2.22 bits per heavy atom. The monoisotopic (exact) mass is 367 g/mol. The summed E-state index contributed by atoms with van der Waals surface area (Å²) in [6.07, 6.45) is 2.99. The van der Waals surface area contributed by atoms with Crippen LogP contribution in [0.4, 0.5) is 0 Å². The third kappa shape index (κ3) is 4.37. The van der Waals surface area contributed by atoms with Gasteiger partial charge in [0.05, 0.1) is 5.60 Å². The Labute approximate surface area is 125 Å². The minimum atomic E-state index is -0.350. The van der Waals surface area contributed by atoms with E-state index in [1.54, 1.807) is 7.11 Å². The maximum Gasteiger partial charge on any atom is 0.228 e. The second-order valence-corrected chi connectivity index (χ2v) is 8.25. The van der Waals surface area contributed by atoms with E-state index in [4.69, 9.17) is 4.74 Å². The van der Waals surface area contributed by atoms with Crippen molar-refractivity contribution in [2.45, 2.75) is 56.5 Å². The van der Waals surface area contributed by atoms with Gasteiger partial charge in [0.15, 0.2) is 0 Å². The van der Waals surface area contributed by atoms with Crippen LogP contribution >= 0.6 is 22.6 Å². The van der Waals surface area contributed by atoms with Crippen molar-refractivity contribution < 1.29 is 9.53 Å². The van der Waals surface area contributed by atoms with E-state index in [1.807, 2.05) is 32.6 Å². The number of rotatable bonds is 4. The summed E-state index contributed by atoms with van der Waals surface area (Å²) >= 11 is 2.48. The molecule has 1 aliphatic rings. The molecule has 0 bridgehead atoms. The van der Waals surface area contributed by atoms with E-state index in [2.05, 4.69) is 22.6 Å². The molecule has 3 nitrogen and oxygen atoms in total. The van der Waals surface area contributed by atoms with E-state index < -0.39 is 0 Å². The minimum absolute atomic E-state index is 0.249. The lowest BCUT2D eigenvalue weighted by molar-refractivity contribution is -0.145. The second kappa shape index (κ2) is 6.07.